The highest BCUT2D eigenvalue weighted by Crippen LogP contribution is 2.37. The Kier molecular flexibility index (Phi) is 4.65. The van der Waals surface area contributed by atoms with Crippen molar-refractivity contribution < 1.29 is 9.84 Å². The van der Waals surface area contributed by atoms with E-state index >= 15 is 0 Å². The first-order valence-electron chi connectivity index (χ1n) is 7.16. The first-order chi connectivity index (χ1) is 8.72. The van der Waals surface area contributed by atoms with E-state index in [1.807, 2.05) is 18.2 Å². The summed E-state index contributed by atoms with van der Waals surface area (Å²) in [4.78, 5) is 0. The largest absolute Gasteiger partial charge is 0.490 e. The molecule has 2 rings (SSSR count). The van der Waals surface area contributed by atoms with Crippen molar-refractivity contribution in [1.82, 2.24) is 0 Å². The van der Waals surface area contributed by atoms with Crippen molar-refractivity contribution >= 4 is 0 Å². The first-order valence-corrected chi connectivity index (χ1v) is 7.16. The molecule has 0 aromatic heterocycles. The number of hydrogen-bond donors (Lipinski definition) is 1. The van der Waals surface area contributed by atoms with Gasteiger partial charge in [0.05, 0.1) is 12.2 Å². The predicted octanol–water partition coefficient (Wildman–Crippen LogP) is 3.88. The van der Waals surface area contributed by atoms with Gasteiger partial charge < -0.3 is 9.84 Å². The molecule has 3 atom stereocenters. The number of rotatable bonds is 4. The van der Waals surface area contributed by atoms with Crippen LogP contribution in [0.5, 0.6) is 5.75 Å². The summed E-state index contributed by atoms with van der Waals surface area (Å²) in [6.07, 6.45) is 5.37. The summed E-state index contributed by atoms with van der Waals surface area (Å²) in [5, 5.41) is 10.2. The molecule has 1 N–H and O–H groups in total. The minimum Gasteiger partial charge on any atom is -0.490 e. The zero-order valence-electron chi connectivity index (χ0n) is 11.4. The van der Waals surface area contributed by atoms with Gasteiger partial charge in [0.25, 0.3) is 0 Å². The quantitative estimate of drug-likeness (QED) is 0.876. The number of hydrogen-bond acceptors (Lipinski definition) is 2. The molecular weight excluding hydrogens is 224 g/mol. The highest BCUT2D eigenvalue weighted by molar-refractivity contribution is 5.37. The zero-order chi connectivity index (χ0) is 13.0. The Bertz CT molecular complexity index is 375. The van der Waals surface area contributed by atoms with Crippen LogP contribution in [-0.2, 0) is 0 Å². The average Bonchev–Trinajstić information content (AvgIpc) is 2.40. The Labute approximate surface area is 110 Å². The van der Waals surface area contributed by atoms with E-state index in [1.165, 1.54) is 12.0 Å². The van der Waals surface area contributed by atoms with Crippen molar-refractivity contribution in [3.63, 3.8) is 0 Å². The Hall–Kier alpha value is -1.02. The van der Waals surface area contributed by atoms with Crippen LogP contribution in [0, 0.1) is 0 Å². The fourth-order valence-corrected chi connectivity index (χ4v) is 2.67. The van der Waals surface area contributed by atoms with Crippen LogP contribution in [0.15, 0.2) is 24.3 Å². The monoisotopic (exact) mass is 248 g/mol. The van der Waals surface area contributed by atoms with Gasteiger partial charge in [-0.05, 0) is 37.8 Å². The summed E-state index contributed by atoms with van der Waals surface area (Å²) in [5.41, 5.74) is 1.19. The van der Waals surface area contributed by atoms with Gasteiger partial charge in [0, 0.05) is 5.92 Å². The molecule has 2 heteroatoms. The first kappa shape index (κ1) is 13.4. The molecule has 0 amide bonds. The van der Waals surface area contributed by atoms with Crippen LogP contribution in [0.1, 0.15) is 57.4 Å². The minimum atomic E-state index is -0.208. The van der Waals surface area contributed by atoms with Crippen LogP contribution in [0.3, 0.4) is 0 Å². The van der Waals surface area contributed by atoms with Crippen LogP contribution < -0.4 is 4.74 Å². The lowest BCUT2D eigenvalue weighted by molar-refractivity contribution is 0.103. The predicted molar refractivity (Wildman–Crippen MR) is 74.0 cm³/mol. The van der Waals surface area contributed by atoms with Crippen molar-refractivity contribution in [2.45, 2.75) is 64.1 Å². The van der Waals surface area contributed by atoms with E-state index in [9.17, 15) is 5.11 Å². The van der Waals surface area contributed by atoms with Gasteiger partial charge in [-0.2, -0.15) is 0 Å². The molecular formula is C16H24O2. The molecule has 1 aromatic rings. The van der Waals surface area contributed by atoms with Gasteiger partial charge in [0.15, 0.2) is 0 Å². The maximum atomic E-state index is 10.2. The molecule has 0 bridgehead atoms. The average molecular weight is 248 g/mol. The zero-order valence-corrected chi connectivity index (χ0v) is 11.4. The SMILES string of the molecule is CCC(C)Oc1ccccc1C1CCCCC1O. The van der Waals surface area contributed by atoms with Crippen molar-refractivity contribution in [1.29, 1.82) is 0 Å². The van der Waals surface area contributed by atoms with Crippen LogP contribution >= 0.6 is 0 Å². The van der Waals surface area contributed by atoms with Crippen LogP contribution in [-0.4, -0.2) is 17.3 Å². The Morgan fingerprint density at radius 3 is 2.72 bits per heavy atom. The number of benzene rings is 1. The third-order valence-corrected chi connectivity index (χ3v) is 3.95. The second-order valence-corrected chi connectivity index (χ2v) is 5.33. The van der Waals surface area contributed by atoms with Crippen molar-refractivity contribution in [3.05, 3.63) is 29.8 Å². The summed E-state index contributed by atoms with van der Waals surface area (Å²) in [5.74, 6) is 1.21. The third kappa shape index (κ3) is 3.05. The molecule has 0 saturated heterocycles. The van der Waals surface area contributed by atoms with Gasteiger partial charge >= 0.3 is 0 Å². The second kappa shape index (κ2) is 6.24. The smallest absolute Gasteiger partial charge is 0.123 e. The van der Waals surface area contributed by atoms with E-state index < -0.39 is 0 Å². The van der Waals surface area contributed by atoms with Crippen LogP contribution in [0.2, 0.25) is 0 Å². The van der Waals surface area contributed by atoms with Gasteiger partial charge in [-0.15, -0.1) is 0 Å². The molecule has 0 aliphatic heterocycles. The molecule has 1 fully saturated rings. The molecule has 1 saturated carbocycles. The molecule has 3 unspecified atom stereocenters. The number of ether oxygens (including phenoxy) is 1. The molecule has 0 spiro atoms. The highest BCUT2D eigenvalue weighted by Gasteiger charge is 2.27. The summed E-state index contributed by atoms with van der Waals surface area (Å²) in [7, 11) is 0. The fourth-order valence-electron chi connectivity index (χ4n) is 2.67. The van der Waals surface area contributed by atoms with Crippen molar-refractivity contribution in [2.75, 3.05) is 0 Å². The maximum Gasteiger partial charge on any atom is 0.123 e. The summed E-state index contributed by atoms with van der Waals surface area (Å²) >= 11 is 0. The van der Waals surface area contributed by atoms with Crippen LogP contribution in [0.25, 0.3) is 0 Å². The summed E-state index contributed by atoms with van der Waals surface area (Å²) in [6.45, 7) is 4.22. The van der Waals surface area contributed by atoms with E-state index in [4.69, 9.17) is 4.74 Å². The number of aliphatic hydroxyl groups is 1. The maximum absolute atomic E-state index is 10.2. The topological polar surface area (TPSA) is 29.5 Å². The van der Waals surface area contributed by atoms with Gasteiger partial charge in [-0.25, -0.2) is 0 Å². The lowest BCUT2D eigenvalue weighted by atomic mass is 9.81. The molecule has 2 nitrogen and oxygen atoms in total. The third-order valence-electron chi connectivity index (χ3n) is 3.95. The van der Waals surface area contributed by atoms with Gasteiger partial charge in [-0.3, -0.25) is 0 Å². The number of aliphatic hydroxyl groups excluding tert-OH is 1. The molecule has 18 heavy (non-hydrogen) atoms. The number of para-hydroxylation sites is 1. The summed E-state index contributed by atoms with van der Waals surface area (Å²) < 4.78 is 5.99. The highest BCUT2D eigenvalue weighted by atomic mass is 16.5. The molecule has 1 aliphatic rings. The van der Waals surface area contributed by atoms with Gasteiger partial charge in [0.2, 0.25) is 0 Å². The van der Waals surface area contributed by atoms with E-state index in [-0.39, 0.29) is 18.1 Å². The van der Waals surface area contributed by atoms with Crippen molar-refractivity contribution in [2.24, 2.45) is 0 Å². The lowest BCUT2D eigenvalue weighted by Crippen LogP contribution is -2.23. The molecule has 0 heterocycles. The standard InChI is InChI=1S/C16H24O2/c1-3-12(2)18-16-11-7-5-9-14(16)13-8-4-6-10-15(13)17/h5,7,9,11-13,15,17H,3-4,6,8,10H2,1-2H3. The minimum absolute atomic E-state index is 0.208. The van der Waals surface area contributed by atoms with Crippen LogP contribution in [0.4, 0.5) is 0 Å². The Balaban J connectivity index is 2.20. The normalized spacial score (nSPS) is 25.7. The molecule has 1 aromatic carbocycles. The van der Waals surface area contributed by atoms with Gasteiger partial charge in [-0.1, -0.05) is 38.0 Å². The Morgan fingerprint density at radius 2 is 2.00 bits per heavy atom. The van der Waals surface area contributed by atoms with E-state index in [0.717, 1.165) is 31.4 Å². The van der Waals surface area contributed by atoms with E-state index in [1.54, 1.807) is 0 Å². The lowest BCUT2D eigenvalue weighted by Gasteiger charge is -2.29. The van der Waals surface area contributed by atoms with E-state index in [0.29, 0.717) is 0 Å². The van der Waals surface area contributed by atoms with Gasteiger partial charge in [0.1, 0.15) is 5.75 Å². The fraction of sp³-hybridized carbons (Fsp3) is 0.625. The summed E-state index contributed by atoms with van der Waals surface area (Å²) in [6, 6.07) is 8.19. The Morgan fingerprint density at radius 1 is 1.28 bits per heavy atom. The van der Waals surface area contributed by atoms with E-state index in [2.05, 4.69) is 19.9 Å². The molecule has 0 radical (unpaired) electrons. The molecule has 1 aliphatic carbocycles. The molecule has 100 valence electrons. The van der Waals surface area contributed by atoms with Crippen molar-refractivity contribution in [3.8, 4) is 5.75 Å². The second-order valence-electron chi connectivity index (χ2n) is 5.33.